The summed E-state index contributed by atoms with van der Waals surface area (Å²) >= 11 is 0. The van der Waals surface area contributed by atoms with E-state index >= 15 is 0 Å². The molecule has 1 amide bonds. The Balaban J connectivity index is 1.94. The lowest BCUT2D eigenvalue weighted by Crippen LogP contribution is -2.14. The SMILES string of the molecule is CCOC(=O)c1ccc(NC(=O)CCc2ccccc2)c(C)c1. The number of ether oxygens (including phenoxy) is 1. The van der Waals surface area contributed by atoms with Crippen LogP contribution in [-0.4, -0.2) is 18.5 Å². The molecule has 0 aromatic heterocycles. The molecule has 0 unspecified atom stereocenters. The topological polar surface area (TPSA) is 55.4 Å². The van der Waals surface area contributed by atoms with Gasteiger partial charge in [-0.3, -0.25) is 4.79 Å². The Hall–Kier alpha value is -2.62. The van der Waals surface area contributed by atoms with Crippen LogP contribution in [0.5, 0.6) is 0 Å². The van der Waals surface area contributed by atoms with E-state index in [0.717, 1.165) is 16.8 Å². The molecule has 0 aliphatic heterocycles. The van der Waals surface area contributed by atoms with Gasteiger partial charge < -0.3 is 10.1 Å². The minimum atomic E-state index is -0.349. The average molecular weight is 311 g/mol. The first-order chi connectivity index (χ1) is 11.1. The van der Waals surface area contributed by atoms with E-state index in [0.29, 0.717) is 25.0 Å². The number of anilines is 1. The second-order valence-corrected chi connectivity index (χ2v) is 5.28. The third-order valence-corrected chi connectivity index (χ3v) is 3.50. The molecule has 0 spiro atoms. The summed E-state index contributed by atoms with van der Waals surface area (Å²) in [5, 5.41) is 2.89. The van der Waals surface area contributed by atoms with E-state index in [1.165, 1.54) is 0 Å². The van der Waals surface area contributed by atoms with E-state index in [9.17, 15) is 9.59 Å². The van der Waals surface area contributed by atoms with Gasteiger partial charge in [0.25, 0.3) is 0 Å². The van der Waals surface area contributed by atoms with Crippen LogP contribution in [0.4, 0.5) is 5.69 Å². The molecule has 0 saturated heterocycles. The summed E-state index contributed by atoms with van der Waals surface area (Å²) in [5.41, 5.74) is 3.18. The molecule has 2 aromatic rings. The van der Waals surface area contributed by atoms with Gasteiger partial charge in [-0.15, -0.1) is 0 Å². The maximum absolute atomic E-state index is 12.1. The van der Waals surface area contributed by atoms with Gasteiger partial charge in [0, 0.05) is 12.1 Å². The molecule has 2 aromatic carbocycles. The lowest BCUT2D eigenvalue weighted by molar-refractivity contribution is -0.116. The zero-order valence-electron chi connectivity index (χ0n) is 13.5. The fourth-order valence-corrected chi connectivity index (χ4v) is 2.26. The molecule has 2 rings (SSSR count). The maximum atomic E-state index is 12.1. The number of hydrogen-bond donors (Lipinski definition) is 1. The Morgan fingerprint density at radius 2 is 1.83 bits per heavy atom. The lowest BCUT2D eigenvalue weighted by Gasteiger charge is -2.10. The molecule has 0 heterocycles. The second kappa shape index (κ2) is 8.13. The van der Waals surface area contributed by atoms with Crippen molar-refractivity contribution in [1.29, 1.82) is 0 Å². The molecule has 0 atom stereocenters. The molecule has 0 radical (unpaired) electrons. The number of rotatable bonds is 6. The first-order valence-electron chi connectivity index (χ1n) is 7.71. The van der Waals surface area contributed by atoms with Gasteiger partial charge in [-0.05, 0) is 49.6 Å². The molecule has 120 valence electrons. The van der Waals surface area contributed by atoms with Crippen molar-refractivity contribution in [3.63, 3.8) is 0 Å². The van der Waals surface area contributed by atoms with Gasteiger partial charge in [-0.1, -0.05) is 30.3 Å². The van der Waals surface area contributed by atoms with E-state index in [2.05, 4.69) is 5.32 Å². The molecule has 1 N–H and O–H groups in total. The number of nitrogens with one attached hydrogen (secondary N) is 1. The van der Waals surface area contributed by atoms with Crippen molar-refractivity contribution in [2.45, 2.75) is 26.7 Å². The van der Waals surface area contributed by atoms with Gasteiger partial charge in [-0.25, -0.2) is 4.79 Å². The highest BCUT2D eigenvalue weighted by atomic mass is 16.5. The fourth-order valence-electron chi connectivity index (χ4n) is 2.26. The van der Waals surface area contributed by atoms with Crippen molar-refractivity contribution < 1.29 is 14.3 Å². The summed E-state index contributed by atoms with van der Waals surface area (Å²) in [6.45, 7) is 3.97. The number of carbonyl (C=O) groups excluding carboxylic acids is 2. The second-order valence-electron chi connectivity index (χ2n) is 5.28. The standard InChI is InChI=1S/C19H21NO3/c1-3-23-19(22)16-10-11-17(14(2)13-16)20-18(21)12-9-15-7-5-4-6-8-15/h4-8,10-11,13H,3,9,12H2,1-2H3,(H,20,21). The Labute approximate surface area is 136 Å². The van der Waals surface area contributed by atoms with E-state index < -0.39 is 0 Å². The van der Waals surface area contributed by atoms with Crippen LogP contribution in [0.1, 0.15) is 34.8 Å². The monoisotopic (exact) mass is 311 g/mol. The largest absolute Gasteiger partial charge is 0.462 e. The molecule has 23 heavy (non-hydrogen) atoms. The van der Waals surface area contributed by atoms with E-state index in [4.69, 9.17) is 4.74 Å². The van der Waals surface area contributed by atoms with Gasteiger partial charge >= 0.3 is 5.97 Å². The normalized spacial score (nSPS) is 10.2. The number of hydrogen-bond acceptors (Lipinski definition) is 3. The van der Waals surface area contributed by atoms with Gasteiger partial charge in [0.2, 0.25) is 5.91 Å². The Kier molecular flexibility index (Phi) is 5.92. The minimum absolute atomic E-state index is 0.0409. The summed E-state index contributed by atoms with van der Waals surface area (Å²) in [4.78, 5) is 23.7. The van der Waals surface area contributed by atoms with Gasteiger partial charge in [0.1, 0.15) is 0 Å². The zero-order valence-corrected chi connectivity index (χ0v) is 13.5. The Bertz CT molecular complexity index is 680. The first kappa shape index (κ1) is 16.7. The van der Waals surface area contributed by atoms with Crippen molar-refractivity contribution >= 4 is 17.6 Å². The molecule has 0 aliphatic carbocycles. The van der Waals surface area contributed by atoms with Crippen molar-refractivity contribution in [3.05, 3.63) is 65.2 Å². The minimum Gasteiger partial charge on any atom is -0.462 e. The van der Waals surface area contributed by atoms with Crippen LogP contribution in [0.2, 0.25) is 0 Å². The van der Waals surface area contributed by atoms with Crippen molar-refractivity contribution in [2.24, 2.45) is 0 Å². The summed E-state index contributed by atoms with van der Waals surface area (Å²) in [5.74, 6) is -0.390. The molecule has 4 heteroatoms. The smallest absolute Gasteiger partial charge is 0.338 e. The highest BCUT2D eigenvalue weighted by molar-refractivity contribution is 5.94. The summed E-state index contributed by atoms with van der Waals surface area (Å²) in [7, 11) is 0. The highest BCUT2D eigenvalue weighted by Gasteiger charge is 2.10. The Morgan fingerprint density at radius 1 is 1.09 bits per heavy atom. The van der Waals surface area contributed by atoms with E-state index in [1.807, 2.05) is 37.3 Å². The fraction of sp³-hybridized carbons (Fsp3) is 0.263. The molecule has 4 nitrogen and oxygen atoms in total. The van der Waals surface area contributed by atoms with E-state index in [1.54, 1.807) is 25.1 Å². The molecule has 0 fully saturated rings. The third kappa shape index (κ3) is 4.95. The summed E-state index contributed by atoms with van der Waals surface area (Å²) in [6, 6.07) is 15.0. The highest BCUT2D eigenvalue weighted by Crippen LogP contribution is 2.18. The van der Waals surface area contributed by atoms with Gasteiger partial charge in [0.05, 0.1) is 12.2 Å². The van der Waals surface area contributed by atoms with E-state index in [-0.39, 0.29) is 11.9 Å². The third-order valence-electron chi connectivity index (χ3n) is 3.50. The first-order valence-corrected chi connectivity index (χ1v) is 7.71. The predicted molar refractivity (Wildman–Crippen MR) is 90.5 cm³/mol. The van der Waals surface area contributed by atoms with Crippen LogP contribution in [-0.2, 0) is 16.0 Å². The zero-order chi connectivity index (χ0) is 16.7. The molecule has 0 saturated carbocycles. The maximum Gasteiger partial charge on any atom is 0.338 e. The van der Waals surface area contributed by atoms with Gasteiger partial charge in [0.15, 0.2) is 0 Å². The van der Waals surface area contributed by atoms with Crippen molar-refractivity contribution in [1.82, 2.24) is 0 Å². The van der Waals surface area contributed by atoms with Crippen LogP contribution >= 0.6 is 0 Å². The van der Waals surface area contributed by atoms with Crippen LogP contribution in [0.15, 0.2) is 48.5 Å². The quantitative estimate of drug-likeness (QED) is 0.827. The predicted octanol–water partition coefficient (Wildman–Crippen LogP) is 3.74. The molecular formula is C19H21NO3. The number of benzene rings is 2. The lowest BCUT2D eigenvalue weighted by atomic mass is 10.1. The van der Waals surface area contributed by atoms with Crippen LogP contribution in [0.3, 0.4) is 0 Å². The average Bonchev–Trinajstić information content (AvgIpc) is 2.56. The van der Waals surface area contributed by atoms with Crippen LogP contribution in [0.25, 0.3) is 0 Å². The number of amides is 1. The van der Waals surface area contributed by atoms with Crippen molar-refractivity contribution in [3.8, 4) is 0 Å². The Morgan fingerprint density at radius 3 is 2.48 bits per heavy atom. The van der Waals surface area contributed by atoms with Gasteiger partial charge in [-0.2, -0.15) is 0 Å². The molecular weight excluding hydrogens is 290 g/mol. The van der Waals surface area contributed by atoms with Crippen LogP contribution in [0, 0.1) is 6.92 Å². The number of carbonyl (C=O) groups is 2. The molecule has 0 aliphatic rings. The summed E-state index contributed by atoms with van der Waals surface area (Å²) < 4.78 is 4.97. The number of esters is 1. The van der Waals surface area contributed by atoms with Crippen LogP contribution < -0.4 is 5.32 Å². The summed E-state index contributed by atoms with van der Waals surface area (Å²) in [6.07, 6.45) is 1.12. The number of aryl methyl sites for hydroxylation is 2. The molecule has 0 bridgehead atoms. The van der Waals surface area contributed by atoms with Crippen molar-refractivity contribution in [2.75, 3.05) is 11.9 Å².